The number of aromatic amines is 1. The second kappa shape index (κ2) is 14.9. The molecule has 0 bridgehead atoms. The molecule has 0 aliphatic heterocycles. The summed E-state index contributed by atoms with van der Waals surface area (Å²) < 4.78 is 0. The number of H-pyrrole nitrogens is 1. The Morgan fingerprint density at radius 2 is 1.61 bits per heavy atom. The van der Waals surface area contributed by atoms with E-state index in [0.29, 0.717) is 5.69 Å². The molecule has 200 valence electrons. The van der Waals surface area contributed by atoms with Gasteiger partial charge in [0, 0.05) is 31.3 Å². The number of aliphatic imine (C=N–C) groups is 1. The van der Waals surface area contributed by atoms with Gasteiger partial charge in [0.05, 0.1) is 12.4 Å². The number of nitrogens with zero attached hydrogens (tertiary/aromatic N) is 2. The van der Waals surface area contributed by atoms with E-state index >= 15 is 0 Å². The average Bonchev–Trinajstić information content (AvgIpc) is 3.30. The number of hydrogen-bond acceptors (Lipinski definition) is 8. The van der Waals surface area contributed by atoms with Crippen LogP contribution in [-0.4, -0.2) is 86.5 Å². The molecule has 0 radical (unpaired) electrons. The zero-order valence-corrected chi connectivity index (χ0v) is 19.8. The van der Waals surface area contributed by atoms with Crippen LogP contribution in [0.4, 0.5) is 0 Å². The first kappa shape index (κ1) is 29.8. The highest BCUT2D eigenvalue weighted by atomic mass is 16.4. The van der Waals surface area contributed by atoms with Crippen LogP contribution in [0.15, 0.2) is 17.5 Å². The molecule has 1 heterocycles. The monoisotopic (exact) mass is 511 g/mol. The molecular weight excluding hydrogens is 478 g/mol. The molecule has 1 aromatic heterocycles. The lowest BCUT2D eigenvalue weighted by atomic mass is 10.1. The van der Waals surface area contributed by atoms with Gasteiger partial charge >= 0.3 is 11.9 Å². The Kier molecular flexibility index (Phi) is 12.4. The summed E-state index contributed by atoms with van der Waals surface area (Å²) in [6, 6.07) is -4.79. The molecular formula is C20H33N9O7. The van der Waals surface area contributed by atoms with Crippen molar-refractivity contribution in [2.24, 2.45) is 22.2 Å². The Morgan fingerprint density at radius 1 is 1.00 bits per heavy atom. The lowest BCUT2D eigenvalue weighted by Crippen LogP contribution is -2.57. The number of amides is 3. The molecule has 1 aromatic rings. The van der Waals surface area contributed by atoms with E-state index in [9.17, 15) is 29.1 Å². The van der Waals surface area contributed by atoms with Crippen molar-refractivity contribution < 1.29 is 34.2 Å². The van der Waals surface area contributed by atoms with Crippen molar-refractivity contribution in [3.05, 3.63) is 18.2 Å². The van der Waals surface area contributed by atoms with E-state index in [4.69, 9.17) is 22.3 Å². The Morgan fingerprint density at radius 3 is 2.14 bits per heavy atom. The van der Waals surface area contributed by atoms with E-state index in [1.807, 2.05) is 0 Å². The van der Waals surface area contributed by atoms with Crippen LogP contribution in [0, 0.1) is 0 Å². The quantitative estimate of drug-likeness (QED) is 0.0603. The lowest BCUT2D eigenvalue weighted by molar-refractivity contribution is -0.143. The predicted octanol–water partition coefficient (Wildman–Crippen LogP) is -3.24. The van der Waals surface area contributed by atoms with Crippen LogP contribution in [0.1, 0.15) is 38.3 Å². The van der Waals surface area contributed by atoms with Gasteiger partial charge in [0.1, 0.15) is 18.1 Å². The molecule has 4 unspecified atom stereocenters. The molecule has 12 N–H and O–H groups in total. The molecule has 0 saturated carbocycles. The molecule has 0 aromatic carbocycles. The van der Waals surface area contributed by atoms with Crippen LogP contribution in [0.2, 0.25) is 0 Å². The fourth-order valence-corrected chi connectivity index (χ4v) is 2.97. The number of carboxylic acid groups (broad SMARTS) is 2. The number of aromatic nitrogens is 2. The fraction of sp³-hybridized carbons (Fsp3) is 0.550. The molecule has 0 spiro atoms. The minimum atomic E-state index is -1.50. The number of nitrogens with one attached hydrogen (secondary N) is 4. The van der Waals surface area contributed by atoms with Crippen LogP contribution >= 0.6 is 0 Å². The van der Waals surface area contributed by atoms with E-state index < -0.39 is 60.2 Å². The summed E-state index contributed by atoms with van der Waals surface area (Å²) in [4.78, 5) is 70.9. The van der Waals surface area contributed by atoms with Gasteiger partial charge in [-0.2, -0.15) is 0 Å². The molecule has 16 heteroatoms. The molecule has 4 atom stereocenters. The van der Waals surface area contributed by atoms with Crippen LogP contribution < -0.4 is 33.2 Å². The minimum Gasteiger partial charge on any atom is -0.481 e. The van der Waals surface area contributed by atoms with Gasteiger partial charge in [-0.05, 0) is 26.2 Å². The van der Waals surface area contributed by atoms with E-state index in [2.05, 4.69) is 30.9 Å². The number of hydrogen-bond donors (Lipinski definition) is 9. The number of rotatable bonds is 16. The largest absolute Gasteiger partial charge is 0.481 e. The lowest BCUT2D eigenvalue weighted by Gasteiger charge is -2.24. The van der Waals surface area contributed by atoms with Crippen molar-refractivity contribution in [1.29, 1.82) is 0 Å². The third-order valence-corrected chi connectivity index (χ3v) is 4.87. The summed E-state index contributed by atoms with van der Waals surface area (Å²) in [6.45, 7) is 1.56. The van der Waals surface area contributed by atoms with Gasteiger partial charge in [0.25, 0.3) is 0 Å². The molecule has 3 amide bonds. The van der Waals surface area contributed by atoms with Crippen molar-refractivity contribution in [3.63, 3.8) is 0 Å². The topological polar surface area (TPSA) is 281 Å². The van der Waals surface area contributed by atoms with Gasteiger partial charge in [-0.3, -0.25) is 24.2 Å². The number of aliphatic carboxylic acids is 2. The van der Waals surface area contributed by atoms with Gasteiger partial charge in [0.2, 0.25) is 17.7 Å². The standard InChI is InChI=1S/C20H33N9O7/c1-10(21)16(32)29-14(7-11-8-24-9-26-11)18(34)27-12(3-2-6-25-20(22)23)17(33)28-13(19(35)36)4-5-15(30)31/h8-10,12-14H,2-7,21H2,1H3,(H,24,26)(H,27,34)(H,28,33)(H,29,32)(H,30,31)(H,35,36)(H4,22,23,25). The third-order valence-electron chi connectivity index (χ3n) is 4.87. The highest BCUT2D eigenvalue weighted by molar-refractivity contribution is 5.94. The van der Waals surface area contributed by atoms with Gasteiger partial charge in [0.15, 0.2) is 5.96 Å². The van der Waals surface area contributed by atoms with Crippen molar-refractivity contribution in [2.75, 3.05) is 6.54 Å². The van der Waals surface area contributed by atoms with E-state index in [0.717, 1.165) is 0 Å². The smallest absolute Gasteiger partial charge is 0.326 e. The van der Waals surface area contributed by atoms with Crippen molar-refractivity contribution in [2.45, 2.75) is 63.2 Å². The summed E-state index contributed by atoms with van der Waals surface area (Å²) in [6.07, 6.45) is 2.24. The first-order valence-corrected chi connectivity index (χ1v) is 11.0. The summed E-state index contributed by atoms with van der Waals surface area (Å²) >= 11 is 0. The zero-order valence-electron chi connectivity index (χ0n) is 19.8. The van der Waals surface area contributed by atoms with Crippen molar-refractivity contribution >= 4 is 35.6 Å². The van der Waals surface area contributed by atoms with E-state index in [1.165, 1.54) is 19.4 Å². The van der Waals surface area contributed by atoms with Gasteiger partial charge in [-0.1, -0.05) is 0 Å². The Hall–Kier alpha value is -4.21. The van der Waals surface area contributed by atoms with E-state index in [-0.39, 0.29) is 38.2 Å². The summed E-state index contributed by atoms with van der Waals surface area (Å²) in [5.74, 6) is -5.04. The fourth-order valence-electron chi connectivity index (χ4n) is 2.97. The van der Waals surface area contributed by atoms with Crippen LogP contribution in [0.5, 0.6) is 0 Å². The maximum absolute atomic E-state index is 13.1. The van der Waals surface area contributed by atoms with Crippen LogP contribution in [-0.2, 0) is 30.4 Å². The molecule has 0 fully saturated rings. The average molecular weight is 512 g/mol. The number of nitrogens with two attached hydrogens (primary N) is 3. The van der Waals surface area contributed by atoms with Gasteiger partial charge in [-0.15, -0.1) is 0 Å². The Bertz CT molecular complexity index is 930. The summed E-state index contributed by atoms with van der Waals surface area (Å²) in [5, 5.41) is 25.4. The van der Waals surface area contributed by atoms with Crippen molar-refractivity contribution in [3.8, 4) is 0 Å². The first-order valence-electron chi connectivity index (χ1n) is 11.0. The highest BCUT2D eigenvalue weighted by Crippen LogP contribution is 2.06. The maximum Gasteiger partial charge on any atom is 0.326 e. The minimum absolute atomic E-state index is 0.00297. The molecule has 36 heavy (non-hydrogen) atoms. The third kappa shape index (κ3) is 11.3. The molecule has 0 aliphatic carbocycles. The number of carboxylic acids is 2. The number of carbonyl (C=O) groups is 5. The Balaban J connectivity index is 3.05. The molecule has 16 nitrogen and oxygen atoms in total. The van der Waals surface area contributed by atoms with Crippen LogP contribution in [0.3, 0.4) is 0 Å². The summed E-state index contributed by atoms with van der Waals surface area (Å²) in [5.41, 5.74) is 16.7. The second-order valence-electron chi connectivity index (χ2n) is 7.97. The number of carbonyl (C=O) groups excluding carboxylic acids is 3. The van der Waals surface area contributed by atoms with Gasteiger partial charge < -0.3 is 48.3 Å². The van der Waals surface area contributed by atoms with Crippen LogP contribution in [0.25, 0.3) is 0 Å². The predicted molar refractivity (Wildman–Crippen MR) is 126 cm³/mol. The molecule has 0 aliphatic rings. The number of imidazole rings is 1. The Labute approximate surface area is 206 Å². The van der Waals surface area contributed by atoms with Crippen molar-refractivity contribution in [1.82, 2.24) is 25.9 Å². The normalized spacial score (nSPS) is 13.9. The zero-order chi connectivity index (χ0) is 27.3. The molecule has 1 rings (SSSR count). The number of guanidine groups is 1. The maximum atomic E-state index is 13.1. The first-order chi connectivity index (χ1) is 16.9. The second-order valence-corrected chi connectivity index (χ2v) is 7.97. The summed E-state index contributed by atoms with van der Waals surface area (Å²) in [7, 11) is 0. The van der Waals surface area contributed by atoms with Gasteiger partial charge in [-0.25, -0.2) is 9.78 Å². The SMILES string of the molecule is CC(N)C(=O)NC(Cc1cnc[nH]1)C(=O)NC(CCCN=C(N)N)C(=O)NC(CCC(=O)O)C(=O)O. The van der Waals surface area contributed by atoms with E-state index in [1.54, 1.807) is 0 Å². The molecule has 0 saturated heterocycles. The highest BCUT2D eigenvalue weighted by Gasteiger charge is 2.30.